The van der Waals surface area contributed by atoms with Crippen LogP contribution in [0.2, 0.25) is 0 Å². The van der Waals surface area contributed by atoms with E-state index in [1.807, 2.05) is 42.5 Å². The molecule has 0 atom stereocenters. The first-order valence-electron chi connectivity index (χ1n) is 9.16. The summed E-state index contributed by atoms with van der Waals surface area (Å²) in [6.07, 6.45) is -1.12. The number of hydrogen-bond donors (Lipinski definition) is 0. The summed E-state index contributed by atoms with van der Waals surface area (Å²) in [6.45, 7) is 0. The number of nitrogens with zero attached hydrogens (tertiary/aromatic N) is 3. The van der Waals surface area contributed by atoms with E-state index in [4.69, 9.17) is 4.74 Å². The maximum absolute atomic E-state index is 13.2. The lowest BCUT2D eigenvalue weighted by atomic mass is 10.1. The van der Waals surface area contributed by atoms with Crippen molar-refractivity contribution in [2.45, 2.75) is 6.18 Å². The fourth-order valence-electron chi connectivity index (χ4n) is 3.34. The molecule has 0 radical (unpaired) electrons. The minimum absolute atomic E-state index is 0.245. The third-order valence-electron chi connectivity index (χ3n) is 4.75. The lowest BCUT2D eigenvalue weighted by Crippen LogP contribution is -2.05. The van der Waals surface area contributed by atoms with E-state index in [-0.39, 0.29) is 5.52 Å². The van der Waals surface area contributed by atoms with Crippen LogP contribution in [0.3, 0.4) is 0 Å². The molecule has 7 heteroatoms. The zero-order valence-electron chi connectivity index (χ0n) is 15.5. The highest BCUT2D eigenvalue weighted by atomic mass is 19.4. The zero-order valence-corrected chi connectivity index (χ0v) is 15.5. The smallest absolute Gasteiger partial charge is 0.416 e. The average molecular weight is 405 g/mol. The second kappa shape index (κ2) is 6.88. The van der Waals surface area contributed by atoms with Gasteiger partial charge < -0.3 is 4.74 Å². The molecular formula is C23H14F3N3O. The number of ether oxygens (including phenoxy) is 1. The van der Waals surface area contributed by atoms with E-state index < -0.39 is 11.7 Å². The molecule has 0 aliphatic rings. The molecular weight excluding hydrogens is 391 g/mol. The second-order valence-electron chi connectivity index (χ2n) is 6.72. The van der Waals surface area contributed by atoms with Gasteiger partial charge in [-0.3, -0.25) is 4.40 Å². The predicted molar refractivity (Wildman–Crippen MR) is 107 cm³/mol. The van der Waals surface area contributed by atoms with Crippen LogP contribution in [0.15, 0.2) is 85.2 Å². The van der Waals surface area contributed by atoms with Gasteiger partial charge in [-0.15, -0.1) is 0 Å². The number of rotatable bonds is 3. The van der Waals surface area contributed by atoms with Crippen molar-refractivity contribution in [3.8, 4) is 22.8 Å². The molecule has 0 spiro atoms. The van der Waals surface area contributed by atoms with E-state index >= 15 is 0 Å². The van der Waals surface area contributed by atoms with Crippen LogP contribution in [0.1, 0.15) is 5.56 Å². The van der Waals surface area contributed by atoms with Crippen molar-refractivity contribution >= 4 is 16.7 Å². The van der Waals surface area contributed by atoms with Gasteiger partial charge >= 0.3 is 6.18 Å². The first kappa shape index (κ1) is 18.2. The van der Waals surface area contributed by atoms with Crippen molar-refractivity contribution in [1.82, 2.24) is 14.4 Å². The quantitative estimate of drug-likeness (QED) is 0.351. The van der Waals surface area contributed by atoms with Crippen molar-refractivity contribution in [3.05, 3.63) is 90.8 Å². The van der Waals surface area contributed by atoms with Crippen LogP contribution in [0.5, 0.6) is 11.5 Å². The molecule has 2 heterocycles. The van der Waals surface area contributed by atoms with Gasteiger partial charge in [0.1, 0.15) is 17.2 Å². The first-order valence-corrected chi connectivity index (χ1v) is 9.16. The molecule has 0 fully saturated rings. The van der Waals surface area contributed by atoms with Gasteiger partial charge in [-0.2, -0.15) is 13.2 Å². The Labute approximate surface area is 169 Å². The van der Waals surface area contributed by atoms with Crippen LogP contribution in [-0.4, -0.2) is 14.4 Å². The average Bonchev–Trinajstić information content (AvgIpc) is 3.24. The number of hydrogen-bond acceptors (Lipinski definition) is 3. The summed E-state index contributed by atoms with van der Waals surface area (Å²) in [5, 5.41) is 0. The molecule has 0 aliphatic heterocycles. The molecule has 148 valence electrons. The van der Waals surface area contributed by atoms with Crippen molar-refractivity contribution in [1.29, 1.82) is 0 Å². The number of halogens is 3. The van der Waals surface area contributed by atoms with Crippen LogP contribution < -0.4 is 4.74 Å². The zero-order chi connectivity index (χ0) is 20.7. The molecule has 2 aromatic heterocycles. The van der Waals surface area contributed by atoms with Gasteiger partial charge in [0, 0.05) is 18.0 Å². The normalized spacial score (nSPS) is 11.8. The fraction of sp³-hybridized carbons (Fsp3) is 0.0435. The summed E-state index contributed by atoms with van der Waals surface area (Å²) >= 11 is 0. The van der Waals surface area contributed by atoms with Crippen molar-refractivity contribution < 1.29 is 17.9 Å². The molecule has 3 aromatic carbocycles. The largest absolute Gasteiger partial charge is 0.457 e. The highest BCUT2D eigenvalue weighted by Gasteiger charge is 2.31. The highest BCUT2D eigenvalue weighted by Crippen LogP contribution is 2.33. The van der Waals surface area contributed by atoms with Gasteiger partial charge in [0.2, 0.25) is 0 Å². The second-order valence-corrected chi connectivity index (χ2v) is 6.72. The fourth-order valence-corrected chi connectivity index (χ4v) is 3.34. The topological polar surface area (TPSA) is 39.4 Å². The van der Waals surface area contributed by atoms with Crippen LogP contribution in [0.25, 0.3) is 27.9 Å². The Morgan fingerprint density at radius 1 is 0.833 bits per heavy atom. The van der Waals surface area contributed by atoms with Gasteiger partial charge in [0.15, 0.2) is 5.65 Å². The lowest BCUT2D eigenvalue weighted by molar-refractivity contribution is -0.137. The van der Waals surface area contributed by atoms with E-state index in [0.717, 1.165) is 17.7 Å². The molecule has 0 unspecified atom stereocenters. The maximum atomic E-state index is 13.2. The highest BCUT2D eigenvalue weighted by molar-refractivity contribution is 5.86. The van der Waals surface area contributed by atoms with E-state index in [1.165, 1.54) is 6.07 Å². The number of para-hydroxylation sites is 1. The molecule has 4 nitrogen and oxygen atoms in total. The minimum Gasteiger partial charge on any atom is -0.457 e. The molecule has 30 heavy (non-hydrogen) atoms. The monoisotopic (exact) mass is 405 g/mol. The Kier molecular flexibility index (Phi) is 4.17. The molecule has 5 rings (SSSR count). The lowest BCUT2D eigenvalue weighted by Gasteiger charge is -2.11. The van der Waals surface area contributed by atoms with Crippen LogP contribution >= 0.6 is 0 Å². The first-order chi connectivity index (χ1) is 14.5. The van der Waals surface area contributed by atoms with Gasteiger partial charge in [-0.1, -0.05) is 18.2 Å². The summed E-state index contributed by atoms with van der Waals surface area (Å²) in [7, 11) is 0. The third-order valence-corrected chi connectivity index (χ3v) is 4.75. The molecule has 0 saturated carbocycles. The summed E-state index contributed by atoms with van der Waals surface area (Å²) < 4.78 is 47.0. The third kappa shape index (κ3) is 3.24. The van der Waals surface area contributed by atoms with E-state index in [9.17, 15) is 13.2 Å². The van der Waals surface area contributed by atoms with E-state index in [0.29, 0.717) is 28.4 Å². The van der Waals surface area contributed by atoms with Gasteiger partial charge in [-0.05, 0) is 54.6 Å². The van der Waals surface area contributed by atoms with Gasteiger partial charge in [0.25, 0.3) is 0 Å². The number of aromatic nitrogens is 3. The number of benzene rings is 3. The predicted octanol–water partition coefficient (Wildman–Crippen LogP) is 6.36. The van der Waals surface area contributed by atoms with Crippen LogP contribution in [0.4, 0.5) is 13.2 Å². The van der Waals surface area contributed by atoms with Gasteiger partial charge in [0.05, 0.1) is 16.6 Å². The number of alkyl halides is 3. The number of fused-ring (bicyclic) bond motifs is 3. The standard InChI is InChI=1S/C23H14F3N3O/c24-23(25,26)16-8-11-20-19(14-16)28-21(22-27-12-13-29(20)22)15-6-9-18(10-7-15)30-17-4-2-1-3-5-17/h1-14H. The van der Waals surface area contributed by atoms with E-state index in [1.54, 1.807) is 28.9 Å². The van der Waals surface area contributed by atoms with Crippen molar-refractivity contribution in [3.63, 3.8) is 0 Å². The Hall–Kier alpha value is -3.87. The Morgan fingerprint density at radius 2 is 1.57 bits per heavy atom. The molecule has 5 aromatic rings. The molecule has 0 aliphatic carbocycles. The molecule has 0 bridgehead atoms. The Morgan fingerprint density at radius 3 is 2.30 bits per heavy atom. The Bertz CT molecular complexity index is 1340. The van der Waals surface area contributed by atoms with E-state index in [2.05, 4.69) is 9.97 Å². The summed E-state index contributed by atoms with van der Waals surface area (Å²) in [6, 6.07) is 20.1. The molecule has 0 saturated heterocycles. The van der Waals surface area contributed by atoms with Crippen LogP contribution in [-0.2, 0) is 6.18 Å². The minimum atomic E-state index is -4.43. The maximum Gasteiger partial charge on any atom is 0.416 e. The van der Waals surface area contributed by atoms with Crippen molar-refractivity contribution in [2.24, 2.45) is 0 Å². The molecule has 0 amide bonds. The summed E-state index contributed by atoms with van der Waals surface area (Å²) in [4.78, 5) is 8.86. The Balaban J connectivity index is 1.59. The summed E-state index contributed by atoms with van der Waals surface area (Å²) in [5.41, 5.74) is 1.86. The number of imidazole rings is 1. The van der Waals surface area contributed by atoms with Crippen LogP contribution in [0, 0.1) is 0 Å². The van der Waals surface area contributed by atoms with Crippen molar-refractivity contribution in [2.75, 3.05) is 0 Å². The summed E-state index contributed by atoms with van der Waals surface area (Å²) in [5.74, 6) is 1.36. The van der Waals surface area contributed by atoms with Gasteiger partial charge in [-0.25, -0.2) is 9.97 Å². The molecule has 0 N–H and O–H groups in total. The SMILES string of the molecule is FC(F)(F)c1ccc2c(c1)nc(-c1ccc(Oc3ccccc3)cc1)c1nccn12.